The molecule has 1 aliphatic carbocycles. The number of phenolic OH excluding ortho intramolecular Hbond substituents is 1. The first-order valence-corrected chi connectivity index (χ1v) is 11.2. The normalized spacial score (nSPS) is 17.9. The van der Waals surface area contributed by atoms with Crippen LogP contribution in [0.15, 0.2) is 58.5 Å². The fourth-order valence-electron chi connectivity index (χ4n) is 4.70. The van der Waals surface area contributed by atoms with Crippen LogP contribution in [0.1, 0.15) is 41.4 Å². The first kappa shape index (κ1) is 21.1. The van der Waals surface area contributed by atoms with Gasteiger partial charge in [0.1, 0.15) is 17.1 Å². The Morgan fingerprint density at radius 3 is 2.85 bits per heavy atom. The van der Waals surface area contributed by atoms with Crippen LogP contribution in [0.5, 0.6) is 5.75 Å². The monoisotopic (exact) mass is 445 g/mol. The van der Waals surface area contributed by atoms with Crippen molar-refractivity contribution in [2.75, 3.05) is 18.5 Å². The highest BCUT2D eigenvalue weighted by Crippen LogP contribution is 2.33. The van der Waals surface area contributed by atoms with E-state index in [0.717, 1.165) is 29.5 Å². The largest absolute Gasteiger partial charge is 0.508 e. The first-order chi connectivity index (χ1) is 15.9. The molecule has 1 unspecified atom stereocenters. The molecule has 3 amide bonds. The summed E-state index contributed by atoms with van der Waals surface area (Å²) in [6.07, 6.45) is 4.34. The molecule has 1 atom stereocenters. The molecule has 3 aromatic rings. The number of fused-ring (bicyclic) bond motifs is 2. The average molecular weight is 446 g/mol. The quantitative estimate of drug-likeness (QED) is 0.553. The number of amides is 3. The molecule has 2 aliphatic rings. The van der Waals surface area contributed by atoms with E-state index in [4.69, 9.17) is 4.42 Å². The number of hydrogen-bond acceptors (Lipinski definition) is 4. The van der Waals surface area contributed by atoms with Gasteiger partial charge in [-0.05, 0) is 67.6 Å². The molecule has 0 saturated carbocycles. The number of benzene rings is 2. The van der Waals surface area contributed by atoms with Gasteiger partial charge in [-0.3, -0.25) is 9.69 Å². The second kappa shape index (κ2) is 8.31. The van der Waals surface area contributed by atoms with Crippen LogP contribution in [0.25, 0.3) is 11.0 Å². The van der Waals surface area contributed by atoms with E-state index in [0.29, 0.717) is 35.9 Å². The number of nitrogens with one attached hydrogen (secondary N) is 1. The van der Waals surface area contributed by atoms with E-state index in [9.17, 15) is 14.7 Å². The van der Waals surface area contributed by atoms with Crippen molar-refractivity contribution in [3.63, 3.8) is 0 Å². The van der Waals surface area contributed by atoms with Gasteiger partial charge in [-0.15, -0.1) is 0 Å². The van der Waals surface area contributed by atoms with Crippen molar-refractivity contribution in [2.45, 2.75) is 32.9 Å². The minimum Gasteiger partial charge on any atom is -0.508 e. The number of furan rings is 1. The zero-order valence-corrected chi connectivity index (χ0v) is 18.8. The van der Waals surface area contributed by atoms with Crippen molar-refractivity contribution >= 4 is 28.6 Å². The second-order valence-electron chi connectivity index (χ2n) is 8.93. The minimum atomic E-state index is -0.232. The molecule has 2 heterocycles. The molecule has 0 spiro atoms. The van der Waals surface area contributed by atoms with Crippen molar-refractivity contribution in [1.82, 2.24) is 10.2 Å². The Morgan fingerprint density at radius 1 is 1.21 bits per heavy atom. The van der Waals surface area contributed by atoms with Gasteiger partial charge in [0.2, 0.25) is 0 Å². The van der Waals surface area contributed by atoms with Gasteiger partial charge in [-0.25, -0.2) is 4.79 Å². The second-order valence-corrected chi connectivity index (χ2v) is 8.93. The molecule has 33 heavy (non-hydrogen) atoms. The number of aromatic hydroxyl groups is 1. The predicted octanol–water partition coefficient (Wildman–Crippen LogP) is 4.80. The molecule has 7 heteroatoms. The molecular weight excluding hydrogens is 418 g/mol. The highest BCUT2D eigenvalue weighted by molar-refractivity contribution is 5.99. The van der Waals surface area contributed by atoms with Gasteiger partial charge in [0, 0.05) is 31.1 Å². The molecule has 0 bridgehead atoms. The molecule has 1 aliphatic heterocycles. The van der Waals surface area contributed by atoms with E-state index in [1.807, 2.05) is 24.1 Å². The van der Waals surface area contributed by atoms with Crippen LogP contribution in [-0.2, 0) is 13.1 Å². The third kappa shape index (κ3) is 4.06. The van der Waals surface area contributed by atoms with Crippen LogP contribution in [0.4, 0.5) is 10.5 Å². The van der Waals surface area contributed by atoms with Gasteiger partial charge in [0.25, 0.3) is 5.91 Å². The molecule has 0 radical (unpaired) electrons. The summed E-state index contributed by atoms with van der Waals surface area (Å²) >= 11 is 0. The van der Waals surface area contributed by atoms with Crippen LogP contribution in [0.3, 0.4) is 0 Å². The molecule has 1 aromatic heterocycles. The lowest BCUT2D eigenvalue weighted by molar-refractivity contribution is 0.0948. The minimum absolute atomic E-state index is 0.0368. The number of carbonyl (C=O) groups excluding carboxylic acids is 2. The third-order valence-electron chi connectivity index (χ3n) is 6.61. The Bertz CT molecular complexity index is 1280. The number of phenols is 1. The summed E-state index contributed by atoms with van der Waals surface area (Å²) in [5.41, 5.74) is 4.32. The lowest BCUT2D eigenvalue weighted by Gasteiger charge is -2.37. The molecule has 0 fully saturated rings. The van der Waals surface area contributed by atoms with Crippen molar-refractivity contribution < 1.29 is 19.1 Å². The Morgan fingerprint density at radius 2 is 2.06 bits per heavy atom. The molecule has 2 aromatic carbocycles. The molecule has 5 rings (SSSR count). The van der Waals surface area contributed by atoms with E-state index in [1.54, 1.807) is 35.2 Å². The zero-order chi connectivity index (χ0) is 23.1. The lowest BCUT2D eigenvalue weighted by Crippen LogP contribution is -2.47. The van der Waals surface area contributed by atoms with Crippen LogP contribution in [0, 0.1) is 5.92 Å². The molecule has 0 saturated heterocycles. The number of rotatable bonds is 5. The zero-order valence-electron chi connectivity index (χ0n) is 18.8. The summed E-state index contributed by atoms with van der Waals surface area (Å²) in [6, 6.07) is 12.2. The van der Waals surface area contributed by atoms with Crippen LogP contribution in [-0.4, -0.2) is 35.5 Å². The molecule has 170 valence electrons. The molecule has 2 N–H and O–H groups in total. The van der Waals surface area contributed by atoms with E-state index in [2.05, 4.69) is 18.3 Å². The Labute approximate surface area is 192 Å². The van der Waals surface area contributed by atoms with E-state index in [-0.39, 0.29) is 24.2 Å². The van der Waals surface area contributed by atoms with Crippen LogP contribution < -0.4 is 10.2 Å². The number of anilines is 1. The van der Waals surface area contributed by atoms with Crippen LogP contribution >= 0.6 is 0 Å². The fourth-order valence-corrected chi connectivity index (χ4v) is 4.70. The maximum atomic E-state index is 13.0. The predicted molar refractivity (Wildman–Crippen MR) is 126 cm³/mol. The van der Waals surface area contributed by atoms with Gasteiger partial charge in [-0.1, -0.05) is 17.7 Å². The Hall–Kier alpha value is -3.74. The SMILES string of the molecule is CC1=CCCC1CN1C(=O)N(C)Cc2ccc(C(=O)NCc3cc4cc(O)ccc4o3)cc21. The maximum Gasteiger partial charge on any atom is 0.324 e. The highest BCUT2D eigenvalue weighted by atomic mass is 16.3. The number of urea groups is 1. The van der Waals surface area contributed by atoms with E-state index >= 15 is 0 Å². The first-order valence-electron chi connectivity index (χ1n) is 11.2. The van der Waals surface area contributed by atoms with Gasteiger partial charge in [0.15, 0.2) is 0 Å². The van der Waals surface area contributed by atoms with E-state index < -0.39 is 0 Å². The van der Waals surface area contributed by atoms with Crippen molar-refractivity contribution in [3.8, 4) is 5.75 Å². The molecule has 7 nitrogen and oxygen atoms in total. The summed E-state index contributed by atoms with van der Waals surface area (Å²) in [6.45, 7) is 3.50. The van der Waals surface area contributed by atoms with Crippen molar-refractivity contribution in [1.29, 1.82) is 0 Å². The number of allylic oxidation sites excluding steroid dienone is 1. The maximum absolute atomic E-state index is 13.0. The fraction of sp³-hybridized carbons (Fsp3) is 0.308. The summed E-state index contributed by atoms with van der Waals surface area (Å²) in [4.78, 5) is 29.4. The molecular formula is C26H27N3O4. The average Bonchev–Trinajstić information content (AvgIpc) is 3.39. The Kier molecular flexibility index (Phi) is 5.32. The van der Waals surface area contributed by atoms with Crippen molar-refractivity contribution in [2.24, 2.45) is 5.92 Å². The van der Waals surface area contributed by atoms with Gasteiger partial charge < -0.3 is 19.7 Å². The van der Waals surface area contributed by atoms with E-state index in [1.165, 1.54) is 5.57 Å². The highest BCUT2D eigenvalue weighted by Gasteiger charge is 2.31. The van der Waals surface area contributed by atoms with Gasteiger partial charge in [-0.2, -0.15) is 0 Å². The summed E-state index contributed by atoms with van der Waals surface area (Å²) in [5, 5.41) is 13.3. The summed E-state index contributed by atoms with van der Waals surface area (Å²) in [7, 11) is 1.81. The lowest BCUT2D eigenvalue weighted by atomic mass is 9.99. The summed E-state index contributed by atoms with van der Waals surface area (Å²) in [5.74, 6) is 0.882. The summed E-state index contributed by atoms with van der Waals surface area (Å²) < 4.78 is 5.74. The number of hydrogen-bond donors (Lipinski definition) is 2. The third-order valence-corrected chi connectivity index (χ3v) is 6.61. The van der Waals surface area contributed by atoms with Gasteiger partial charge in [0.05, 0.1) is 12.2 Å². The Balaban J connectivity index is 1.35. The topological polar surface area (TPSA) is 86.0 Å². The van der Waals surface area contributed by atoms with Gasteiger partial charge >= 0.3 is 6.03 Å². The number of nitrogens with zero attached hydrogens (tertiary/aromatic N) is 2. The standard InChI is InChI=1S/C26H27N3O4/c1-16-4-3-5-18(16)15-29-23-12-17(6-7-19(23)14-28(2)26(29)32)25(31)27-13-22-11-20-10-21(30)8-9-24(20)33-22/h4,6-12,18,30H,3,5,13-15H2,1-2H3,(H,27,31). The van der Waals surface area contributed by atoms with Crippen LogP contribution in [0.2, 0.25) is 0 Å². The number of carbonyl (C=O) groups is 2. The smallest absolute Gasteiger partial charge is 0.324 e. The van der Waals surface area contributed by atoms with Crippen molar-refractivity contribution in [3.05, 3.63) is 71.0 Å².